The zero-order chi connectivity index (χ0) is 14.3. The first-order valence-corrected chi connectivity index (χ1v) is 7.98. The van der Waals surface area contributed by atoms with Crippen molar-refractivity contribution in [1.29, 1.82) is 0 Å². The summed E-state index contributed by atoms with van der Waals surface area (Å²) in [6.07, 6.45) is 4.58. The predicted octanol–water partition coefficient (Wildman–Crippen LogP) is 2.33. The lowest BCUT2D eigenvalue weighted by molar-refractivity contribution is 0.416. The monoisotopic (exact) mass is 286 g/mol. The maximum absolute atomic E-state index is 11.3. The van der Waals surface area contributed by atoms with Crippen LogP contribution in [0, 0.1) is 0 Å². The molecule has 0 aromatic heterocycles. The van der Waals surface area contributed by atoms with Gasteiger partial charge in [0.05, 0.1) is 17.7 Å². The summed E-state index contributed by atoms with van der Waals surface area (Å²) >= 11 is 0. The average molecular weight is 286 g/mol. The average Bonchev–Trinajstić information content (AvgIpc) is 2.37. The number of benzene rings is 1. The highest BCUT2D eigenvalue weighted by Crippen LogP contribution is 2.27. The van der Waals surface area contributed by atoms with Crippen LogP contribution in [-0.4, -0.2) is 22.1 Å². The Labute approximate surface area is 115 Å². The molecule has 1 rings (SSSR count). The lowest BCUT2D eigenvalue weighted by Gasteiger charge is -2.12. The van der Waals surface area contributed by atoms with Crippen LogP contribution in [0.15, 0.2) is 23.1 Å². The minimum atomic E-state index is -3.69. The van der Waals surface area contributed by atoms with Crippen LogP contribution in [0.25, 0.3) is 0 Å². The van der Waals surface area contributed by atoms with Crippen molar-refractivity contribution in [3.8, 4) is 5.75 Å². The van der Waals surface area contributed by atoms with Crippen molar-refractivity contribution in [3.05, 3.63) is 18.2 Å². The molecule has 0 heterocycles. The third-order valence-corrected chi connectivity index (χ3v) is 3.76. The second kappa shape index (κ2) is 7.35. The standard InChI is InChI=1S/C13H22N2O3S/c1-3-4-5-6-9-15-12-10-11(19(14,16)17)7-8-13(12)18-2/h7-8,10,15H,3-6,9H2,1-2H3,(H2,14,16,17). The van der Waals surface area contributed by atoms with E-state index in [-0.39, 0.29) is 4.90 Å². The third kappa shape index (κ3) is 5.08. The van der Waals surface area contributed by atoms with Gasteiger partial charge in [0.2, 0.25) is 10.0 Å². The lowest BCUT2D eigenvalue weighted by atomic mass is 10.2. The SMILES string of the molecule is CCCCCCNc1cc(S(N)(=O)=O)ccc1OC. The molecular weight excluding hydrogens is 264 g/mol. The van der Waals surface area contributed by atoms with Crippen molar-refractivity contribution in [1.82, 2.24) is 0 Å². The van der Waals surface area contributed by atoms with Crippen molar-refractivity contribution in [2.75, 3.05) is 19.0 Å². The van der Waals surface area contributed by atoms with Gasteiger partial charge in [0.1, 0.15) is 5.75 Å². The molecule has 6 heteroatoms. The maximum Gasteiger partial charge on any atom is 0.238 e. The molecule has 0 amide bonds. The number of sulfonamides is 1. The number of nitrogens with two attached hydrogens (primary N) is 1. The normalized spacial score (nSPS) is 11.3. The lowest BCUT2D eigenvalue weighted by Crippen LogP contribution is -2.13. The quantitative estimate of drug-likeness (QED) is 0.719. The highest BCUT2D eigenvalue weighted by molar-refractivity contribution is 7.89. The van der Waals surface area contributed by atoms with E-state index in [1.807, 2.05) is 0 Å². The van der Waals surface area contributed by atoms with E-state index in [2.05, 4.69) is 12.2 Å². The predicted molar refractivity (Wildman–Crippen MR) is 77.0 cm³/mol. The van der Waals surface area contributed by atoms with Gasteiger partial charge in [-0.2, -0.15) is 0 Å². The number of primary sulfonamides is 1. The molecule has 1 aromatic carbocycles. The number of hydrogen-bond acceptors (Lipinski definition) is 4. The van der Waals surface area contributed by atoms with Crippen molar-refractivity contribution in [2.45, 2.75) is 37.5 Å². The van der Waals surface area contributed by atoms with Gasteiger partial charge < -0.3 is 10.1 Å². The molecular formula is C13H22N2O3S. The number of anilines is 1. The first-order valence-electron chi connectivity index (χ1n) is 6.43. The van der Waals surface area contributed by atoms with E-state index in [9.17, 15) is 8.42 Å². The summed E-state index contributed by atoms with van der Waals surface area (Å²) in [6, 6.07) is 4.55. The van der Waals surface area contributed by atoms with Gasteiger partial charge in [-0.1, -0.05) is 26.2 Å². The summed E-state index contributed by atoms with van der Waals surface area (Å²) in [5, 5.41) is 8.31. The molecule has 0 aliphatic rings. The van der Waals surface area contributed by atoms with Crippen LogP contribution >= 0.6 is 0 Å². The first kappa shape index (κ1) is 15.8. The summed E-state index contributed by atoms with van der Waals surface area (Å²) in [5.74, 6) is 0.614. The molecule has 0 atom stereocenters. The molecule has 0 aliphatic heterocycles. The Kier molecular flexibility index (Phi) is 6.11. The van der Waals surface area contributed by atoms with Gasteiger partial charge in [-0.3, -0.25) is 0 Å². The minimum absolute atomic E-state index is 0.0874. The van der Waals surface area contributed by atoms with Crippen LogP contribution in [0.2, 0.25) is 0 Å². The van der Waals surface area contributed by atoms with Gasteiger partial charge in [-0.25, -0.2) is 13.6 Å². The molecule has 0 spiro atoms. The highest BCUT2D eigenvalue weighted by atomic mass is 32.2. The van der Waals surface area contributed by atoms with E-state index >= 15 is 0 Å². The zero-order valence-corrected chi connectivity index (χ0v) is 12.3. The van der Waals surface area contributed by atoms with Gasteiger partial charge in [-0.15, -0.1) is 0 Å². The summed E-state index contributed by atoms with van der Waals surface area (Å²) in [6.45, 7) is 2.94. The second-order valence-corrected chi connectivity index (χ2v) is 5.96. The molecule has 5 nitrogen and oxygen atoms in total. The highest BCUT2D eigenvalue weighted by Gasteiger charge is 2.11. The minimum Gasteiger partial charge on any atom is -0.495 e. The molecule has 0 saturated carbocycles. The molecule has 108 valence electrons. The summed E-state index contributed by atoms with van der Waals surface area (Å²) < 4.78 is 27.8. The van der Waals surface area contributed by atoms with E-state index < -0.39 is 10.0 Å². The van der Waals surface area contributed by atoms with Gasteiger partial charge in [-0.05, 0) is 24.6 Å². The van der Waals surface area contributed by atoms with Crippen LogP contribution < -0.4 is 15.2 Å². The Morgan fingerprint density at radius 3 is 2.58 bits per heavy atom. The maximum atomic E-state index is 11.3. The molecule has 19 heavy (non-hydrogen) atoms. The Hall–Kier alpha value is -1.27. The Bertz CT molecular complexity index is 501. The summed E-state index contributed by atoms with van der Waals surface area (Å²) in [5.41, 5.74) is 0.658. The van der Waals surface area contributed by atoms with Crippen LogP contribution in [0.3, 0.4) is 0 Å². The van der Waals surface area contributed by atoms with Gasteiger partial charge in [0, 0.05) is 6.54 Å². The largest absolute Gasteiger partial charge is 0.495 e. The number of hydrogen-bond donors (Lipinski definition) is 2. The van der Waals surface area contributed by atoms with Crippen LogP contribution in [0.5, 0.6) is 5.75 Å². The molecule has 0 unspecified atom stereocenters. The Balaban J connectivity index is 2.74. The fraction of sp³-hybridized carbons (Fsp3) is 0.538. The van der Waals surface area contributed by atoms with Crippen molar-refractivity contribution in [2.24, 2.45) is 5.14 Å². The Morgan fingerprint density at radius 1 is 1.26 bits per heavy atom. The van der Waals surface area contributed by atoms with Crippen LogP contribution in [0.1, 0.15) is 32.6 Å². The molecule has 0 radical (unpaired) electrons. The van der Waals surface area contributed by atoms with Crippen molar-refractivity contribution >= 4 is 15.7 Å². The molecule has 0 bridgehead atoms. The first-order chi connectivity index (χ1) is 8.99. The molecule has 0 saturated heterocycles. The van der Waals surface area contributed by atoms with E-state index in [1.54, 1.807) is 13.2 Å². The van der Waals surface area contributed by atoms with E-state index in [0.29, 0.717) is 11.4 Å². The number of methoxy groups -OCH3 is 1. The van der Waals surface area contributed by atoms with Crippen molar-refractivity contribution < 1.29 is 13.2 Å². The number of ether oxygens (including phenoxy) is 1. The topological polar surface area (TPSA) is 81.4 Å². The van der Waals surface area contributed by atoms with Gasteiger partial charge >= 0.3 is 0 Å². The number of rotatable bonds is 8. The van der Waals surface area contributed by atoms with E-state index in [4.69, 9.17) is 9.88 Å². The van der Waals surface area contributed by atoms with Crippen LogP contribution in [-0.2, 0) is 10.0 Å². The molecule has 3 N–H and O–H groups in total. The van der Waals surface area contributed by atoms with E-state index in [0.717, 1.165) is 19.4 Å². The van der Waals surface area contributed by atoms with E-state index in [1.165, 1.54) is 25.0 Å². The molecule has 0 fully saturated rings. The van der Waals surface area contributed by atoms with Gasteiger partial charge in [0.15, 0.2) is 0 Å². The fourth-order valence-electron chi connectivity index (χ4n) is 1.78. The number of nitrogens with one attached hydrogen (secondary N) is 1. The zero-order valence-electron chi connectivity index (χ0n) is 11.5. The summed E-state index contributed by atoms with van der Waals surface area (Å²) in [4.78, 5) is 0.0874. The third-order valence-electron chi connectivity index (χ3n) is 2.85. The van der Waals surface area contributed by atoms with Gasteiger partial charge in [0.25, 0.3) is 0 Å². The van der Waals surface area contributed by atoms with Crippen molar-refractivity contribution in [3.63, 3.8) is 0 Å². The Morgan fingerprint density at radius 2 is 2.00 bits per heavy atom. The smallest absolute Gasteiger partial charge is 0.238 e. The fourth-order valence-corrected chi connectivity index (χ4v) is 2.32. The number of unbranched alkanes of at least 4 members (excludes halogenated alkanes) is 3. The second-order valence-electron chi connectivity index (χ2n) is 4.39. The molecule has 1 aromatic rings. The van der Waals surface area contributed by atoms with Crippen LogP contribution in [0.4, 0.5) is 5.69 Å². The summed E-state index contributed by atoms with van der Waals surface area (Å²) in [7, 11) is -2.14. The molecule has 0 aliphatic carbocycles.